The van der Waals surface area contributed by atoms with E-state index in [0.717, 1.165) is 19.8 Å². The van der Waals surface area contributed by atoms with Crippen LogP contribution in [0.25, 0.3) is 0 Å². The first-order valence-corrected chi connectivity index (χ1v) is 5.59. The first kappa shape index (κ1) is 12.5. The summed E-state index contributed by atoms with van der Waals surface area (Å²) in [5.74, 6) is 0. The van der Waals surface area contributed by atoms with E-state index in [2.05, 4.69) is 24.1 Å². The zero-order valence-corrected chi connectivity index (χ0v) is 9.94. The van der Waals surface area contributed by atoms with Crippen LogP contribution in [0.3, 0.4) is 0 Å². The standard InChI is InChI=1S/C11H23N3O/c1-9-8-15-7-6-14(9)10(2)11(12)4-5-13-3/h4-5,9-11,13H,6-8,12H2,1-3H3/b5-4-/t9-,10?,11?/m0/s1. The Kier molecular flexibility index (Phi) is 5.08. The molecule has 1 aliphatic rings. The Morgan fingerprint density at radius 2 is 2.33 bits per heavy atom. The predicted molar refractivity (Wildman–Crippen MR) is 62.6 cm³/mol. The average Bonchev–Trinajstić information content (AvgIpc) is 2.25. The Morgan fingerprint density at radius 3 is 2.93 bits per heavy atom. The van der Waals surface area contributed by atoms with E-state index in [9.17, 15) is 0 Å². The fourth-order valence-corrected chi connectivity index (χ4v) is 1.93. The molecule has 88 valence electrons. The molecular formula is C11H23N3O. The van der Waals surface area contributed by atoms with E-state index >= 15 is 0 Å². The summed E-state index contributed by atoms with van der Waals surface area (Å²) in [6.07, 6.45) is 3.90. The van der Waals surface area contributed by atoms with Gasteiger partial charge in [0.25, 0.3) is 0 Å². The molecule has 3 N–H and O–H groups in total. The molecule has 1 fully saturated rings. The lowest BCUT2D eigenvalue weighted by Crippen LogP contribution is -2.54. The summed E-state index contributed by atoms with van der Waals surface area (Å²) in [5.41, 5.74) is 6.09. The van der Waals surface area contributed by atoms with Gasteiger partial charge in [-0.3, -0.25) is 4.90 Å². The van der Waals surface area contributed by atoms with Crippen LogP contribution in [0.4, 0.5) is 0 Å². The maximum atomic E-state index is 6.09. The molecule has 0 radical (unpaired) electrons. The Labute approximate surface area is 92.5 Å². The van der Waals surface area contributed by atoms with E-state index in [1.165, 1.54) is 0 Å². The molecule has 0 aromatic carbocycles. The van der Waals surface area contributed by atoms with Crippen LogP contribution in [-0.4, -0.2) is 49.8 Å². The highest BCUT2D eigenvalue weighted by molar-refractivity contribution is 4.97. The summed E-state index contributed by atoms with van der Waals surface area (Å²) in [6.45, 7) is 6.96. The second-order valence-corrected chi connectivity index (χ2v) is 4.13. The molecule has 0 aromatic heterocycles. The number of ether oxygens (including phenoxy) is 1. The number of nitrogens with two attached hydrogens (primary N) is 1. The molecule has 1 aliphatic heterocycles. The topological polar surface area (TPSA) is 50.5 Å². The Morgan fingerprint density at radius 1 is 1.60 bits per heavy atom. The van der Waals surface area contributed by atoms with Crippen LogP contribution >= 0.6 is 0 Å². The van der Waals surface area contributed by atoms with Crippen molar-refractivity contribution in [1.82, 2.24) is 10.2 Å². The van der Waals surface area contributed by atoms with Crippen LogP contribution in [0, 0.1) is 0 Å². The van der Waals surface area contributed by atoms with Crippen molar-refractivity contribution < 1.29 is 4.74 Å². The van der Waals surface area contributed by atoms with Gasteiger partial charge in [0.1, 0.15) is 0 Å². The molecule has 0 amide bonds. The van der Waals surface area contributed by atoms with Crippen LogP contribution < -0.4 is 11.1 Å². The second kappa shape index (κ2) is 6.10. The maximum Gasteiger partial charge on any atom is 0.0619 e. The molecular weight excluding hydrogens is 190 g/mol. The van der Waals surface area contributed by atoms with E-state index in [1.54, 1.807) is 0 Å². The lowest BCUT2D eigenvalue weighted by atomic mass is 10.1. The highest BCUT2D eigenvalue weighted by atomic mass is 16.5. The van der Waals surface area contributed by atoms with Gasteiger partial charge in [-0.25, -0.2) is 0 Å². The lowest BCUT2D eigenvalue weighted by Gasteiger charge is -2.39. The molecule has 1 heterocycles. The quantitative estimate of drug-likeness (QED) is 0.698. The van der Waals surface area contributed by atoms with E-state index in [-0.39, 0.29) is 6.04 Å². The van der Waals surface area contributed by atoms with Gasteiger partial charge in [-0.05, 0) is 20.0 Å². The summed E-state index contributed by atoms with van der Waals surface area (Å²) in [7, 11) is 1.88. The number of hydrogen-bond donors (Lipinski definition) is 2. The third kappa shape index (κ3) is 3.48. The van der Waals surface area contributed by atoms with Crippen LogP contribution in [0.15, 0.2) is 12.3 Å². The molecule has 1 rings (SSSR count). The molecule has 0 aliphatic carbocycles. The zero-order chi connectivity index (χ0) is 11.3. The molecule has 0 spiro atoms. The number of nitrogens with zero attached hydrogens (tertiary/aromatic N) is 1. The van der Waals surface area contributed by atoms with E-state index in [1.807, 2.05) is 19.3 Å². The molecule has 0 saturated carbocycles. The van der Waals surface area contributed by atoms with Crippen molar-refractivity contribution in [2.24, 2.45) is 5.73 Å². The van der Waals surface area contributed by atoms with Gasteiger partial charge in [0.05, 0.1) is 13.2 Å². The summed E-state index contributed by atoms with van der Waals surface area (Å²) in [6, 6.07) is 0.884. The average molecular weight is 213 g/mol. The summed E-state index contributed by atoms with van der Waals surface area (Å²) in [5, 5.41) is 2.96. The van der Waals surface area contributed by atoms with Crippen LogP contribution in [0.5, 0.6) is 0 Å². The smallest absolute Gasteiger partial charge is 0.0619 e. The number of nitrogens with one attached hydrogen (secondary N) is 1. The Bertz CT molecular complexity index is 208. The number of rotatable bonds is 4. The van der Waals surface area contributed by atoms with Crippen molar-refractivity contribution >= 4 is 0 Å². The van der Waals surface area contributed by atoms with Gasteiger partial charge in [0.15, 0.2) is 0 Å². The van der Waals surface area contributed by atoms with Crippen LogP contribution in [0.2, 0.25) is 0 Å². The monoisotopic (exact) mass is 213 g/mol. The molecule has 4 nitrogen and oxygen atoms in total. The molecule has 0 bridgehead atoms. The van der Waals surface area contributed by atoms with E-state index in [0.29, 0.717) is 12.1 Å². The van der Waals surface area contributed by atoms with E-state index in [4.69, 9.17) is 10.5 Å². The first-order valence-electron chi connectivity index (χ1n) is 5.59. The second-order valence-electron chi connectivity index (χ2n) is 4.13. The van der Waals surface area contributed by atoms with Gasteiger partial charge < -0.3 is 15.8 Å². The van der Waals surface area contributed by atoms with Gasteiger partial charge in [-0.1, -0.05) is 6.08 Å². The molecule has 15 heavy (non-hydrogen) atoms. The summed E-state index contributed by atoms with van der Waals surface area (Å²) >= 11 is 0. The summed E-state index contributed by atoms with van der Waals surface area (Å²) in [4.78, 5) is 2.41. The van der Waals surface area contributed by atoms with Gasteiger partial charge in [0, 0.05) is 31.7 Å². The molecule has 3 atom stereocenters. The van der Waals surface area contributed by atoms with E-state index < -0.39 is 0 Å². The minimum absolute atomic E-state index is 0.0676. The maximum absolute atomic E-state index is 6.09. The third-order valence-electron chi connectivity index (χ3n) is 2.98. The summed E-state index contributed by atoms with van der Waals surface area (Å²) < 4.78 is 5.41. The Hall–Kier alpha value is -0.580. The van der Waals surface area contributed by atoms with Gasteiger partial charge in [-0.2, -0.15) is 0 Å². The molecule has 0 aromatic rings. The van der Waals surface area contributed by atoms with Crippen molar-refractivity contribution in [3.05, 3.63) is 12.3 Å². The normalized spacial score (nSPS) is 27.9. The van der Waals surface area contributed by atoms with Crippen molar-refractivity contribution in [2.75, 3.05) is 26.8 Å². The highest BCUT2D eigenvalue weighted by Gasteiger charge is 2.26. The van der Waals surface area contributed by atoms with Crippen molar-refractivity contribution in [3.63, 3.8) is 0 Å². The Balaban J connectivity index is 2.49. The first-order chi connectivity index (χ1) is 7.16. The van der Waals surface area contributed by atoms with Gasteiger partial charge >= 0.3 is 0 Å². The number of morpholine rings is 1. The van der Waals surface area contributed by atoms with Gasteiger partial charge in [-0.15, -0.1) is 0 Å². The fourth-order valence-electron chi connectivity index (χ4n) is 1.93. The predicted octanol–water partition coefficient (Wildman–Crippen LogP) is 0.156. The lowest BCUT2D eigenvalue weighted by molar-refractivity contribution is -0.0205. The van der Waals surface area contributed by atoms with Gasteiger partial charge in [0.2, 0.25) is 0 Å². The zero-order valence-electron chi connectivity index (χ0n) is 9.94. The fraction of sp³-hybridized carbons (Fsp3) is 0.818. The minimum Gasteiger partial charge on any atom is -0.394 e. The van der Waals surface area contributed by atoms with Crippen LogP contribution in [-0.2, 0) is 4.74 Å². The number of hydrogen-bond acceptors (Lipinski definition) is 4. The van der Waals surface area contributed by atoms with Crippen molar-refractivity contribution in [2.45, 2.75) is 32.0 Å². The van der Waals surface area contributed by atoms with Crippen LogP contribution in [0.1, 0.15) is 13.8 Å². The minimum atomic E-state index is 0.0676. The third-order valence-corrected chi connectivity index (χ3v) is 2.98. The van der Waals surface area contributed by atoms with Crippen molar-refractivity contribution in [3.8, 4) is 0 Å². The molecule has 2 unspecified atom stereocenters. The van der Waals surface area contributed by atoms with Crippen molar-refractivity contribution in [1.29, 1.82) is 0 Å². The largest absolute Gasteiger partial charge is 0.394 e. The highest BCUT2D eigenvalue weighted by Crippen LogP contribution is 2.12. The molecule has 4 heteroatoms. The molecule has 1 saturated heterocycles. The SMILES string of the molecule is CN/C=C\C(N)C(C)N1CCOC[C@@H]1C.